The number of carbonyl (C=O) groups is 1. The maximum absolute atomic E-state index is 12.4. The zero-order valence-corrected chi connectivity index (χ0v) is 18.9. The summed E-state index contributed by atoms with van der Waals surface area (Å²) in [6.45, 7) is 8.20. The van der Waals surface area contributed by atoms with Crippen molar-refractivity contribution in [1.82, 2.24) is 10.2 Å². The summed E-state index contributed by atoms with van der Waals surface area (Å²) in [6.07, 6.45) is -2.61. The third-order valence-corrected chi connectivity index (χ3v) is 4.89. The number of halogens is 4. The Balaban J connectivity index is 1.75. The van der Waals surface area contributed by atoms with Crippen LogP contribution in [0.2, 0.25) is 0 Å². The number of alkyl halides is 3. The van der Waals surface area contributed by atoms with Crippen LogP contribution >= 0.6 is 15.9 Å². The van der Waals surface area contributed by atoms with E-state index in [1.165, 1.54) is 18.2 Å². The van der Waals surface area contributed by atoms with Crippen LogP contribution in [-0.2, 0) is 4.74 Å². The van der Waals surface area contributed by atoms with Gasteiger partial charge in [-0.05, 0) is 74.6 Å². The van der Waals surface area contributed by atoms with Crippen molar-refractivity contribution in [3.05, 3.63) is 22.7 Å². The number of benzene rings is 1. The first-order chi connectivity index (χ1) is 13.9. The molecule has 0 radical (unpaired) electrons. The molecule has 0 bridgehead atoms. The van der Waals surface area contributed by atoms with E-state index in [1.807, 2.05) is 20.8 Å². The second-order valence-corrected chi connectivity index (χ2v) is 8.98. The highest BCUT2D eigenvalue weighted by atomic mass is 79.9. The quantitative estimate of drug-likeness (QED) is 0.531. The molecule has 1 aromatic carbocycles. The predicted octanol–water partition coefficient (Wildman–Crippen LogP) is 5.11. The van der Waals surface area contributed by atoms with Gasteiger partial charge in [-0.3, -0.25) is 0 Å². The van der Waals surface area contributed by atoms with Crippen LogP contribution in [0.3, 0.4) is 0 Å². The van der Waals surface area contributed by atoms with Crippen LogP contribution in [0.1, 0.15) is 40.0 Å². The van der Waals surface area contributed by atoms with Crippen LogP contribution in [-0.4, -0.2) is 55.2 Å². The number of carbonyl (C=O) groups excluding carboxylic acids is 1. The number of hydrogen-bond donors (Lipinski definition) is 1. The van der Waals surface area contributed by atoms with Gasteiger partial charge in [-0.1, -0.05) is 0 Å². The molecule has 0 unspecified atom stereocenters. The lowest BCUT2D eigenvalue weighted by atomic mass is 10.1. The van der Waals surface area contributed by atoms with Crippen LogP contribution in [0.25, 0.3) is 0 Å². The number of hydrogen-bond acceptors (Lipinski definition) is 5. The van der Waals surface area contributed by atoms with Crippen LogP contribution in [0, 0.1) is 0 Å². The average Bonchev–Trinajstić information content (AvgIpc) is 2.58. The zero-order valence-electron chi connectivity index (χ0n) is 17.4. The van der Waals surface area contributed by atoms with Gasteiger partial charge >= 0.3 is 12.5 Å². The fourth-order valence-corrected chi connectivity index (χ4v) is 3.47. The molecule has 1 aliphatic rings. The van der Waals surface area contributed by atoms with Crippen molar-refractivity contribution in [2.75, 3.05) is 26.2 Å². The molecule has 1 N–H and O–H groups in total. The summed E-state index contributed by atoms with van der Waals surface area (Å²) in [5.74, 6) is -0.0346. The molecule has 6 nitrogen and oxygen atoms in total. The standard InChI is InChI=1S/C20H28BrF3N2O4/c1-19(2,3)30-18(27)25-14-6-4-9-26(13-14)10-5-11-28-17-12-15(7-8-16(17)21)29-20(22,23)24/h7-8,12,14H,4-6,9-11,13H2,1-3H3,(H,25,27)/t14-/m1/s1. The Bertz CT molecular complexity index is 710. The molecule has 0 aliphatic carbocycles. The van der Waals surface area contributed by atoms with Crippen molar-refractivity contribution in [2.45, 2.75) is 58.0 Å². The first kappa shape index (κ1) is 24.6. The number of nitrogens with one attached hydrogen (secondary N) is 1. The van der Waals surface area contributed by atoms with Crippen molar-refractivity contribution >= 4 is 22.0 Å². The van der Waals surface area contributed by atoms with Gasteiger partial charge in [0.2, 0.25) is 0 Å². The smallest absolute Gasteiger partial charge is 0.492 e. The first-order valence-electron chi connectivity index (χ1n) is 9.81. The minimum absolute atomic E-state index is 0.0276. The summed E-state index contributed by atoms with van der Waals surface area (Å²) in [5, 5.41) is 2.91. The number of piperidine rings is 1. The number of nitrogens with zero attached hydrogens (tertiary/aromatic N) is 1. The van der Waals surface area contributed by atoms with E-state index in [0.717, 1.165) is 32.5 Å². The Kier molecular flexibility index (Phi) is 8.66. The SMILES string of the molecule is CC(C)(C)OC(=O)N[C@@H]1CCCN(CCCOc2cc(OC(F)(F)F)ccc2Br)C1. The zero-order chi connectivity index (χ0) is 22.4. The molecule has 1 saturated heterocycles. The van der Waals surface area contributed by atoms with Crippen LogP contribution < -0.4 is 14.8 Å². The summed E-state index contributed by atoms with van der Waals surface area (Å²) >= 11 is 3.27. The van der Waals surface area contributed by atoms with Gasteiger partial charge in [0.1, 0.15) is 17.1 Å². The fraction of sp³-hybridized carbons (Fsp3) is 0.650. The van der Waals surface area contributed by atoms with E-state index < -0.39 is 18.1 Å². The highest BCUT2D eigenvalue weighted by Crippen LogP contribution is 2.32. The monoisotopic (exact) mass is 496 g/mol. The number of rotatable bonds is 7. The molecule has 0 saturated carbocycles. The summed E-state index contributed by atoms with van der Waals surface area (Å²) in [7, 11) is 0. The normalized spacial score (nSPS) is 18.0. The summed E-state index contributed by atoms with van der Waals surface area (Å²) < 4.78 is 52.5. The molecule has 1 aromatic rings. The Morgan fingerprint density at radius 2 is 2.03 bits per heavy atom. The molecule has 1 aliphatic heterocycles. The lowest BCUT2D eigenvalue weighted by Gasteiger charge is -2.33. The van der Waals surface area contributed by atoms with Gasteiger partial charge in [-0.2, -0.15) is 0 Å². The molecular formula is C20H28BrF3N2O4. The molecule has 10 heteroatoms. The average molecular weight is 497 g/mol. The highest BCUT2D eigenvalue weighted by Gasteiger charge is 2.31. The van der Waals surface area contributed by atoms with E-state index in [2.05, 4.69) is 30.9 Å². The van der Waals surface area contributed by atoms with Crippen molar-refractivity contribution in [3.63, 3.8) is 0 Å². The maximum atomic E-state index is 12.4. The summed E-state index contributed by atoms with van der Waals surface area (Å²) in [5.41, 5.74) is -0.535. The topological polar surface area (TPSA) is 60.0 Å². The van der Waals surface area contributed by atoms with Gasteiger partial charge in [-0.25, -0.2) is 4.79 Å². The second kappa shape index (κ2) is 10.6. The molecule has 1 heterocycles. The predicted molar refractivity (Wildman–Crippen MR) is 110 cm³/mol. The van der Waals surface area contributed by atoms with Crippen LogP contribution in [0.5, 0.6) is 11.5 Å². The summed E-state index contributed by atoms with van der Waals surface area (Å²) in [4.78, 5) is 14.2. The molecular weight excluding hydrogens is 469 g/mol. The van der Waals surface area contributed by atoms with Gasteiger partial charge in [0, 0.05) is 25.2 Å². The third-order valence-electron chi connectivity index (χ3n) is 4.24. The first-order valence-corrected chi connectivity index (χ1v) is 10.6. The largest absolute Gasteiger partial charge is 0.573 e. The van der Waals surface area contributed by atoms with E-state index in [0.29, 0.717) is 23.2 Å². The number of alkyl carbamates (subject to hydrolysis) is 1. The van der Waals surface area contributed by atoms with Crippen molar-refractivity contribution in [1.29, 1.82) is 0 Å². The maximum Gasteiger partial charge on any atom is 0.573 e. The van der Waals surface area contributed by atoms with Crippen LogP contribution in [0.4, 0.5) is 18.0 Å². The van der Waals surface area contributed by atoms with Crippen LogP contribution in [0.15, 0.2) is 22.7 Å². The molecule has 2 rings (SSSR count). The van der Waals surface area contributed by atoms with Gasteiger partial charge in [0.25, 0.3) is 0 Å². The number of amides is 1. The molecule has 0 aromatic heterocycles. The van der Waals surface area contributed by atoms with E-state index in [-0.39, 0.29) is 11.8 Å². The Labute approximate surface area is 183 Å². The molecule has 1 fully saturated rings. The van der Waals surface area contributed by atoms with E-state index in [1.54, 1.807) is 0 Å². The third kappa shape index (κ3) is 9.42. The minimum atomic E-state index is -4.75. The van der Waals surface area contributed by atoms with Gasteiger partial charge < -0.3 is 24.4 Å². The van der Waals surface area contributed by atoms with E-state index >= 15 is 0 Å². The second-order valence-electron chi connectivity index (χ2n) is 8.13. The molecule has 30 heavy (non-hydrogen) atoms. The molecule has 1 amide bonds. The fourth-order valence-electron chi connectivity index (χ4n) is 3.11. The Hall–Kier alpha value is -1.68. The number of likely N-dealkylation sites (tertiary alicyclic amines) is 1. The Morgan fingerprint density at radius 1 is 1.30 bits per heavy atom. The van der Waals surface area contributed by atoms with Crippen molar-refractivity contribution < 1.29 is 32.2 Å². The van der Waals surface area contributed by atoms with Gasteiger partial charge in [0.15, 0.2) is 0 Å². The molecule has 0 spiro atoms. The Morgan fingerprint density at radius 3 is 2.70 bits per heavy atom. The van der Waals surface area contributed by atoms with E-state index in [4.69, 9.17) is 9.47 Å². The van der Waals surface area contributed by atoms with Crippen molar-refractivity contribution in [2.24, 2.45) is 0 Å². The summed E-state index contributed by atoms with van der Waals surface area (Å²) in [6, 6.07) is 3.91. The molecule has 170 valence electrons. The number of ether oxygens (including phenoxy) is 3. The van der Waals surface area contributed by atoms with Gasteiger partial charge in [0.05, 0.1) is 11.1 Å². The molecule has 1 atom stereocenters. The van der Waals surface area contributed by atoms with Crippen molar-refractivity contribution in [3.8, 4) is 11.5 Å². The highest BCUT2D eigenvalue weighted by molar-refractivity contribution is 9.10. The lowest BCUT2D eigenvalue weighted by Crippen LogP contribution is -2.49. The minimum Gasteiger partial charge on any atom is -0.492 e. The van der Waals surface area contributed by atoms with Gasteiger partial charge in [-0.15, -0.1) is 13.2 Å². The van der Waals surface area contributed by atoms with E-state index in [9.17, 15) is 18.0 Å². The lowest BCUT2D eigenvalue weighted by molar-refractivity contribution is -0.274.